The smallest absolute Gasteiger partial charge is 0.329 e. The fraction of sp³-hybridized carbons (Fsp3) is 0.429. The molecule has 0 radical (unpaired) electrons. The van der Waals surface area contributed by atoms with Crippen LogP contribution in [0.15, 0.2) is 48.5 Å². The number of halogens is 1. The van der Waals surface area contributed by atoms with Crippen LogP contribution in [0.1, 0.15) is 43.9 Å². The van der Waals surface area contributed by atoms with E-state index in [1.165, 1.54) is 0 Å². The average Bonchev–Trinajstić information content (AvgIpc) is 3.18. The number of aryl methyl sites for hydroxylation is 1. The van der Waals surface area contributed by atoms with Gasteiger partial charge in [0, 0.05) is 23.4 Å². The molecule has 34 heavy (non-hydrogen) atoms. The standard InChI is InChI=1S/C28H33FN2O3/c1-3-25-27(22-7-5-4-6-8-22)28(23-14-9-19(2)15-24(23)29)30-31(25)16-20-10-12-21(13-11-20)17-34-18-26(32)33/h4-9,14-15,20-21H,3,10-13,16-18H2,1-2H3,(H,32,33)/t20-,21-. The first-order chi connectivity index (χ1) is 16.5. The SMILES string of the molecule is CCc1c(-c2ccccc2)c(-c2ccc(C)cc2F)nn1C[C@H]1CC[C@H](COCC(=O)O)CC1. The summed E-state index contributed by atoms with van der Waals surface area (Å²) in [6.07, 6.45) is 4.97. The normalized spacial score (nSPS) is 18.2. The molecule has 1 aromatic heterocycles. The van der Waals surface area contributed by atoms with E-state index in [0.717, 1.165) is 61.0 Å². The molecule has 2 aromatic carbocycles. The van der Waals surface area contributed by atoms with Crippen molar-refractivity contribution >= 4 is 5.97 Å². The molecular weight excluding hydrogens is 431 g/mol. The summed E-state index contributed by atoms with van der Waals surface area (Å²) in [6.45, 7) is 5.11. The first kappa shape index (κ1) is 24.1. The number of benzene rings is 2. The summed E-state index contributed by atoms with van der Waals surface area (Å²) in [4.78, 5) is 10.7. The van der Waals surface area contributed by atoms with Crippen molar-refractivity contribution in [3.63, 3.8) is 0 Å². The molecule has 1 heterocycles. The number of aromatic nitrogens is 2. The molecular formula is C28H33FN2O3. The van der Waals surface area contributed by atoms with Gasteiger partial charge in [0.25, 0.3) is 0 Å². The maximum atomic E-state index is 15.0. The maximum absolute atomic E-state index is 15.0. The van der Waals surface area contributed by atoms with Crippen LogP contribution in [-0.2, 0) is 22.5 Å². The molecule has 1 aliphatic rings. The molecule has 0 spiro atoms. The van der Waals surface area contributed by atoms with Crippen LogP contribution in [0.5, 0.6) is 0 Å². The Bertz CT molecular complexity index is 1120. The van der Waals surface area contributed by atoms with Crippen molar-refractivity contribution in [2.24, 2.45) is 11.8 Å². The van der Waals surface area contributed by atoms with E-state index < -0.39 is 5.97 Å². The van der Waals surface area contributed by atoms with Gasteiger partial charge in [-0.3, -0.25) is 4.68 Å². The number of hydrogen-bond donors (Lipinski definition) is 1. The van der Waals surface area contributed by atoms with Gasteiger partial charge in [-0.15, -0.1) is 0 Å². The van der Waals surface area contributed by atoms with Gasteiger partial charge in [0.05, 0.1) is 6.61 Å². The predicted octanol–water partition coefficient (Wildman–Crippen LogP) is 6.13. The van der Waals surface area contributed by atoms with Gasteiger partial charge in [0.2, 0.25) is 0 Å². The predicted molar refractivity (Wildman–Crippen MR) is 131 cm³/mol. The van der Waals surface area contributed by atoms with E-state index in [9.17, 15) is 4.79 Å². The summed E-state index contributed by atoms with van der Waals surface area (Å²) in [7, 11) is 0. The summed E-state index contributed by atoms with van der Waals surface area (Å²) < 4.78 is 22.4. The molecule has 0 amide bonds. The molecule has 1 aliphatic carbocycles. The zero-order chi connectivity index (χ0) is 24.1. The number of carboxylic acid groups (broad SMARTS) is 1. The van der Waals surface area contributed by atoms with Crippen molar-refractivity contribution in [3.05, 3.63) is 65.6 Å². The fourth-order valence-electron chi connectivity index (χ4n) is 5.05. The Hall–Kier alpha value is -2.99. The van der Waals surface area contributed by atoms with Gasteiger partial charge in [0.1, 0.15) is 18.1 Å². The van der Waals surface area contributed by atoms with Crippen LogP contribution in [0.25, 0.3) is 22.4 Å². The molecule has 0 saturated heterocycles. The summed E-state index contributed by atoms with van der Waals surface area (Å²) in [5, 5.41) is 13.7. The second-order valence-electron chi connectivity index (χ2n) is 9.35. The number of ether oxygens (including phenoxy) is 1. The summed E-state index contributed by atoms with van der Waals surface area (Å²) in [5.41, 5.74) is 5.34. The van der Waals surface area contributed by atoms with Crippen molar-refractivity contribution in [1.82, 2.24) is 9.78 Å². The Labute approximate surface area is 200 Å². The van der Waals surface area contributed by atoms with Gasteiger partial charge in [0.15, 0.2) is 0 Å². The van der Waals surface area contributed by atoms with Gasteiger partial charge in [-0.25, -0.2) is 9.18 Å². The largest absolute Gasteiger partial charge is 0.480 e. The summed E-state index contributed by atoms with van der Waals surface area (Å²) in [5.74, 6) is -0.267. The van der Waals surface area contributed by atoms with E-state index in [1.807, 2.05) is 37.3 Å². The van der Waals surface area contributed by atoms with Crippen molar-refractivity contribution in [1.29, 1.82) is 0 Å². The number of hydrogen-bond acceptors (Lipinski definition) is 3. The van der Waals surface area contributed by atoms with Crippen LogP contribution in [0.2, 0.25) is 0 Å². The Balaban J connectivity index is 1.59. The Morgan fingerprint density at radius 1 is 1.12 bits per heavy atom. The number of carbonyl (C=O) groups is 1. The average molecular weight is 465 g/mol. The number of nitrogens with zero attached hydrogens (tertiary/aromatic N) is 2. The lowest BCUT2D eigenvalue weighted by Gasteiger charge is -2.28. The van der Waals surface area contributed by atoms with Crippen molar-refractivity contribution in [2.45, 2.75) is 52.5 Å². The van der Waals surface area contributed by atoms with Crippen LogP contribution in [0.4, 0.5) is 4.39 Å². The minimum Gasteiger partial charge on any atom is -0.480 e. The molecule has 0 unspecified atom stereocenters. The van der Waals surface area contributed by atoms with Crippen LogP contribution < -0.4 is 0 Å². The van der Waals surface area contributed by atoms with E-state index in [2.05, 4.69) is 23.7 Å². The van der Waals surface area contributed by atoms with E-state index >= 15 is 4.39 Å². The third kappa shape index (κ3) is 5.55. The molecule has 1 fully saturated rings. The molecule has 0 atom stereocenters. The Morgan fingerprint density at radius 3 is 2.47 bits per heavy atom. The highest BCUT2D eigenvalue weighted by atomic mass is 19.1. The summed E-state index contributed by atoms with van der Waals surface area (Å²) >= 11 is 0. The van der Waals surface area contributed by atoms with Crippen molar-refractivity contribution in [2.75, 3.05) is 13.2 Å². The molecule has 5 nitrogen and oxygen atoms in total. The van der Waals surface area contributed by atoms with Gasteiger partial charge in [-0.2, -0.15) is 5.10 Å². The third-order valence-corrected chi connectivity index (χ3v) is 6.81. The molecule has 1 N–H and O–H groups in total. The van der Waals surface area contributed by atoms with Crippen LogP contribution in [-0.4, -0.2) is 34.1 Å². The first-order valence-electron chi connectivity index (χ1n) is 12.2. The molecule has 180 valence electrons. The minimum atomic E-state index is -0.922. The molecule has 0 bridgehead atoms. The topological polar surface area (TPSA) is 64.4 Å². The summed E-state index contributed by atoms with van der Waals surface area (Å²) in [6, 6.07) is 15.5. The minimum absolute atomic E-state index is 0.228. The zero-order valence-corrected chi connectivity index (χ0v) is 20.0. The zero-order valence-electron chi connectivity index (χ0n) is 20.0. The maximum Gasteiger partial charge on any atom is 0.329 e. The van der Waals surface area contributed by atoms with E-state index in [-0.39, 0.29) is 12.4 Å². The molecule has 3 aromatic rings. The van der Waals surface area contributed by atoms with Crippen molar-refractivity contribution in [3.8, 4) is 22.4 Å². The van der Waals surface area contributed by atoms with Crippen LogP contribution in [0, 0.1) is 24.6 Å². The van der Waals surface area contributed by atoms with Crippen LogP contribution in [0.3, 0.4) is 0 Å². The lowest BCUT2D eigenvalue weighted by molar-refractivity contribution is -0.142. The van der Waals surface area contributed by atoms with Gasteiger partial charge in [-0.1, -0.05) is 43.3 Å². The number of rotatable bonds is 9. The molecule has 0 aliphatic heterocycles. The van der Waals surface area contributed by atoms with E-state index in [0.29, 0.717) is 29.7 Å². The Morgan fingerprint density at radius 2 is 1.82 bits per heavy atom. The van der Waals surface area contributed by atoms with Gasteiger partial charge < -0.3 is 9.84 Å². The lowest BCUT2D eigenvalue weighted by Crippen LogP contribution is -2.23. The van der Waals surface area contributed by atoms with E-state index in [1.54, 1.807) is 6.07 Å². The third-order valence-electron chi connectivity index (χ3n) is 6.81. The fourth-order valence-corrected chi connectivity index (χ4v) is 5.05. The van der Waals surface area contributed by atoms with Gasteiger partial charge >= 0.3 is 5.97 Å². The number of aliphatic carboxylic acids is 1. The van der Waals surface area contributed by atoms with E-state index in [4.69, 9.17) is 14.9 Å². The van der Waals surface area contributed by atoms with Crippen molar-refractivity contribution < 1.29 is 19.0 Å². The van der Waals surface area contributed by atoms with Crippen LogP contribution >= 0.6 is 0 Å². The second-order valence-corrected chi connectivity index (χ2v) is 9.35. The lowest BCUT2D eigenvalue weighted by atomic mass is 9.82. The highest BCUT2D eigenvalue weighted by Gasteiger charge is 2.26. The molecule has 4 rings (SSSR count). The quantitative estimate of drug-likeness (QED) is 0.413. The molecule has 1 saturated carbocycles. The first-order valence-corrected chi connectivity index (χ1v) is 12.2. The Kier molecular flexibility index (Phi) is 7.78. The monoisotopic (exact) mass is 464 g/mol. The number of carboxylic acids is 1. The highest BCUT2D eigenvalue weighted by molar-refractivity contribution is 5.83. The highest BCUT2D eigenvalue weighted by Crippen LogP contribution is 2.38. The molecule has 6 heteroatoms. The van der Waals surface area contributed by atoms with Gasteiger partial charge in [-0.05, 0) is 74.1 Å². The second kappa shape index (κ2) is 11.0.